The molecule has 1 aliphatic heterocycles. The minimum Gasteiger partial charge on any atom is -0.380 e. The summed E-state index contributed by atoms with van der Waals surface area (Å²) in [5.74, 6) is 0. The third-order valence-corrected chi connectivity index (χ3v) is 3.63. The van der Waals surface area contributed by atoms with Crippen molar-refractivity contribution in [3.63, 3.8) is 0 Å². The van der Waals surface area contributed by atoms with Crippen LogP contribution in [-0.4, -0.2) is 38.5 Å². The molecule has 1 saturated heterocycles. The quantitative estimate of drug-likeness (QED) is 0.724. The molecule has 0 spiro atoms. The number of hydrogen-bond donors (Lipinski definition) is 1. The minimum absolute atomic E-state index is 0.410. The highest BCUT2D eigenvalue weighted by Gasteiger charge is 2.27. The molecule has 1 aliphatic carbocycles. The molecule has 1 N–H and O–H groups in total. The van der Waals surface area contributed by atoms with E-state index in [1.165, 1.54) is 32.1 Å². The molecule has 1 heterocycles. The van der Waals surface area contributed by atoms with Crippen LogP contribution in [0.25, 0.3) is 0 Å². The Bertz CT molecular complexity index is 180. The normalized spacial score (nSPS) is 37.8. The van der Waals surface area contributed by atoms with Gasteiger partial charge in [-0.05, 0) is 19.3 Å². The van der Waals surface area contributed by atoms with Crippen LogP contribution in [-0.2, 0) is 9.47 Å². The Morgan fingerprint density at radius 2 is 2.00 bits per heavy atom. The standard InChI is InChI=1S/C12H23NO2/c1-14-12-6-4-2-3-5-11(12)13-10-7-8-15-9-10/h10-13H,2-9H2,1H3. The van der Waals surface area contributed by atoms with Crippen LogP contribution in [0, 0.1) is 0 Å². The lowest BCUT2D eigenvalue weighted by molar-refractivity contribution is 0.0580. The zero-order chi connectivity index (χ0) is 10.5. The number of hydrogen-bond acceptors (Lipinski definition) is 3. The van der Waals surface area contributed by atoms with E-state index in [0.29, 0.717) is 18.2 Å². The van der Waals surface area contributed by atoms with Crippen LogP contribution in [0.15, 0.2) is 0 Å². The molecule has 0 aromatic heterocycles. The van der Waals surface area contributed by atoms with Crippen LogP contribution in [0.4, 0.5) is 0 Å². The third-order valence-electron chi connectivity index (χ3n) is 3.63. The van der Waals surface area contributed by atoms with Crippen molar-refractivity contribution in [3.05, 3.63) is 0 Å². The van der Waals surface area contributed by atoms with Crippen LogP contribution >= 0.6 is 0 Å². The Morgan fingerprint density at radius 3 is 2.73 bits per heavy atom. The van der Waals surface area contributed by atoms with Gasteiger partial charge in [-0.25, -0.2) is 0 Å². The highest BCUT2D eigenvalue weighted by atomic mass is 16.5. The number of ether oxygens (including phenoxy) is 2. The van der Waals surface area contributed by atoms with Crippen LogP contribution in [0.3, 0.4) is 0 Å². The second-order valence-corrected chi connectivity index (χ2v) is 4.75. The van der Waals surface area contributed by atoms with Gasteiger partial charge in [0.2, 0.25) is 0 Å². The molecule has 88 valence electrons. The van der Waals surface area contributed by atoms with Gasteiger partial charge in [-0.2, -0.15) is 0 Å². The van der Waals surface area contributed by atoms with E-state index in [2.05, 4.69) is 5.32 Å². The molecule has 0 bridgehead atoms. The van der Waals surface area contributed by atoms with Gasteiger partial charge in [-0.3, -0.25) is 0 Å². The summed E-state index contributed by atoms with van der Waals surface area (Å²) in [7, 11) is 1.84. The molecule has 3 nitrogen and oxygen atoms in total. The summed E-state index contributed by atoms with van der Waals surface area (Å²) in [6.07, 6.45) is 8.05. The van der Waals surface area contributed by atoms with Crippen molar-refractivity contribution in [2.75, 3.05) is 20.3 Å². The summed E-state index contributed by atoms with van der Waals surface area (Å²) in [6.45, 7) is 1.80. The first-order valence-electron chi connectivity index (χ1n) is 6.26. The summed E-state index contributed by atoms with van der Waals surface area (Å²) in [4.78, 5) is 0. The minimum atomic E-state index is 0.410. The maximum Gasteiger partial charge on any atom is 0.0724 e. The first kappa shape index (κ1) is 11.4. The molecule has 0 radical (unpaired) electrons. The van der Waals surface area contributed by atoms with E-state index in [1.807, 2.05) is 7.11 Å². The summed E-state index contributed by atoms with van der Waals surface area (Å²) in [5.41, 5.74) is 0. The Labute approximate surface area is 92.5 Å². The van der Waals surface area contributed by atoms with E-state index in [0.717, 1.165) is 19.6 Å². The molecule has 3 unspecified atom stereocenters. The molecule has 15 heavy (non-hydrogen) atoms. The monoisotopic (exact) mass is 213 g/mol. The average molecular weight is 213 g/mol. The summed E-state index contributed by atoms with van der Waals surface area (Å²) in [6, 6.07) is 1.11. The Balaban J connectivity index is 1.85. The summed E-state index contributed by atoms with van der Waals surface area (Å²) in [5, 5.41) is 3.71. The second-order valence-electron chi connectivity index (χ2n) is 4.75. The largest absolute Gasteiger partial charge is 0.380 e. The molecule has 2 aliphatic rings. The molecule has 1 saturated carbocycles. The number of nitrogens with one attached hydrogen (secondary N) is 1. The van der Waals surface area contributed by atoms with E-state index >= 15 is 0 Å². The molecule has 0 aromatic rings. The molecule has 2 fully saturated rings. The Hall–Kier alpha value is -0.120. The lowest BCUT2D eigenvalue weighted by Gasteiger charge is -2.27. The molecule has 3 atom stereocenters. The highest BCUT2D eigenvalue weighted by Crippen LogP contribution is 2.21. The van der Waals surface area contributed by atoms with Crippen molar-refractivity contribution in [3.8, 4) is 0 Å². The van der Waals surface area contributed by atoms with Crippen LogP contribution in [0.2, 0.25) is 0 Å². The van der Waals surface area contributed by atoms with Gasteiger partial charge < -0.3 is 14.8 Å². The predicted molar refractivity (Wildman–Crippen MR) is 60.0 cm³/mol. The van der Waals surface area contributed by atoms with Crippen molar-refractivity contribution in [2.24, 2.45) is 0 Å². The summed E-state index contributed by atoms with van der Waals surface area (Å²) < 4.78 is 11.0. The summed E-state index contributed by atoms with van der Waals surface area (Å²) >= 11 is 0. The van der Waals surface area contributed by atoms with Gasteiger partial charge in [0.25, 0.3) is 0 Å². The van der Waals surface area contributed by atoms with Gasteiger partial charge in [0.1, 0.15) is 0 Å². The van der Waals surface area contributed by atoms with Gasteiger partial charge >= 0.3 is 0 Å². The first-order valence-corrected chi connectivity index (χ1v) is 6.26. The zero-order valence-corrected chi connectivity index (χ0v) is 9.71. The van der Waals surface area contributed by atoms with Gasteiger partial charge in [0.05, 0.1) is 12.7 Å². The lowest BCUT2D eigenvalue weighted by atomic mass is 10.0. The molecule has 3 heteroatoms. The molecule has 0 aromatic carbocycles. The van der Waals surface area contributed by atoms with Gasteiger partial charge in [0.15, 0.2) is 0 Å². The van der Waals surface area contributed by atoms with Gasteiger partial charge in [-0.15, -0.1) is 0 Å². The van der Waals surface area contributed by atoms with Crippen molar-refractivity contribution in [1.82, 2.24) is 5.32 Å². The van der Waals surface area contributed by atoms with Crippen LogP contribution in [0.1, 0.15) is 38.5 Å². The average Bonchev–Trinajstić information content (AvgIpc) is 2.64. The SMILES string of the molecule is COC1CCCCCC1NC1CCOC1. The van der Waals surface area contributed by atoms with Crippen molar-refractivity contribution >= 4 is 0 Å². The van der Waals surface area contributed by atoms with Gasteiger partial charge in [0, 0.05) is 25.8 Å². The Kier molecular flexibility index (Phi) is 4.42. The molecule has 2 rings (SSSR count). The van der Waals surface area contributed by atoms with E-state index in [1.54, 1.807) is 0 Å². The maximum atomic E-state index is 5.59. The zero-order valence-electron chi connectivity index (χ0n) is 9.71. The molecule has 0 amide bonds. The predicted octanol–water partition coefficient (Wildman–Crippen LogP) is 1.71. The van der Waals surface area contributed by atoms with Gasteiger partial charge in [-0.1, -0.05) is 19.3 Å². The lowest BCUT2D eigenvalue weighted by Crippen LogP contribution is -2.46. The van der Waals surface area contributed by atoms with Crippen molar-refractivity contribution in [2.45, 2.75) is 56.7 Å². The fraction of sp³-hybridized carbons (Fsp3) is 1.00. The van der Waals surface area contributed by atoms with Crippen LogP contribution < -0.4 is 5.32 Å². The van der Waals surface area contributed by atoms with Crippen molar-refractivity contribution in [1.29, 1.82) is 0 Å². The Morgan fingerprint density at radius 1 is 1.13 bits per heavy atom. The molecular weight excluding hydrogens is 190 g/mol. The van der Waals surface area contributed by atoms with E-state index in [4.69, 9.17) is 9.47 Å². The van der Waals surface area contributed by atoms with E-state index in [9.17, 15) is 0 Å². The smallest absolute Gasteiger partial charge is 0.0724 e. The van der Waals surface area contributed by atoms with E-state index < -0.39 is 0 Å². The maximum absolute atomic E-state index is 5.59. The van der Waals surface area contributed by atoms with E-state index in [-0.39, 0.29) is 0 Å². The first-order chi connectivity index (χ1) is 7.40. The fourth-order valence-electron chi connectivity index (χ4n) is 2.72. The number of rotatable bonds is 3. The number of methoxy groups -OCH3 is 1. The molecular formula is C12H23NO2. The van der Waals surface area contributed by atoms with Crippen LogP contribution in [0.5, 0.6) is 0 Å². The second kappa shape index (κ2) is 5.83. The topological polar surface area (TPSA) is 30.5 Å². The fourth-order valence-corrected chi connectivity index (χ4v) is 2.72. The highest BCUT2D eigenvalue weighted by molar-refractivity contribution is 4.84. The third kappa shape index (κ3) is 3.16. The van der Waals surface area contributed by atoms with Crippen molar-refractivity contribution < 1.29 is 9.47 Å².